The third-order valence-corrected chi connectivity index (χ3v) is 10.6. The molecule has 1 amide bonds. The molecule has 1 heterocycles. The molecule has 27 heavy (non-hydrogen) atoms. The minimum absolute atomic E-state index is 0.0989. The first-order chi connectivity index (χ1) is 12.1. The second-order valence-corrected chi connectivity index (χ2v) is 15.4. The Morgan fingerprint density at radius 2 is 1.78 bits per heavy atom. The van der Waals surface area contributed by atoms with Crippen LogP contribution in [0.5, 0.6) is 0 Å². The van der Waals surface area contributed by atoms with Gasteiger partial charge in [0.1, 0.15) is 5.60 Å². The van der Waals surface area contributed by atoms with Crippen molar-refractivity contribution in [1.82, 2.24) is 4.90 Å². The van der Waals surface area contributed by atoms with E-state index < -0.39 is 13.9 Å². The summed E-state index contributed by atoms with van der Waals surface area (Å²) in [6.07, 6.45) is 0.249. The highest BCUT2D eigenvalue weighted by Crippen LogP contribution is 2.41. The highest BCUT2D eigenvalue weighted by atomic mass is 28.4. The van der Waals surface area contributed by atoms with E-state index in [1.807, 2.05) is 20.8 Å². The second-order valence-electron chi connectivity index (χ2n) is 10.6. The quantitative estimate of drug-likeness (QED) is 0.645. The largest absolute Gasteiger partial charge is 0.444 e. The van der Waals surface area contributed by atoms with Gasteiger partial charge in [-0.1, -0.05) is 27.7 Å². The van der Waals surface area contributed by atoms with E-state index in [0.717, 1.165) is 11.1 Å². The van der Waals surface area contributed by atoms with Crippen LogP contribution in [0.25, 0.3) is 0 Å². The fourth-order valence-corrected chi connectivity index (χ4v) is 4.40. The van der Waals surface area contributed by atoms with Crippen molar-refractivity contribution in [3.63, 3.8) is 0 Å². The summed E-state index contributed by atoms with van der Waals surface area (Å²) in [5, 5.41) is 0.0989. The van der Waals surface area contributed by atoms with Crippen molar-refractivity contribution in [2.75, 3.05) is 19.7 Å². The summed E-state index contributed by atoms with van der Waals surface area (Å²) in [7, 11) is -1.94. The van der Waals surface area contributed by atoms with Crippen LogP contribution in [0.2, 0.25) is 18.1 Å². The fraction of sp³-hybridized carbons (Fsp3) is 0.810. The number of nitrogens with zero attached hydrogens (tertiary/aromatic N) is 1. The van der Waals surface area contributed by atoms with Crippen LogP contribution in [0, 0.1) is 11.8 Å². The zero-order valence-corrected chi connectivity index (χ0v) is 19.6. The Balaban J connectivity index is 2.21. The number of carbonyl (C=O) groups is 2. The molecule has 6 heteroatoms. The molecule has 0 aromatic heterocycles. The predicted octanol–water partition coefficient (Wildman–Crippen LogP) is 4.78. The van der Waals surface area contributed by atoms with Crippen LogP contribution in [0.15, 0.2) is 11.1 Å². The number of ketones is 1. The smallest absolute Gasteiger partial charge is 0.410 e. The van der Waals surface area contributed by atoms with Crippen LogP contribution in [0.4, 0.5) is 4.79 Å². The maximum absolute atomic E-state index is 12.7. The molecule has 0 radical (unpaired) electrons. The van der Waals surface area contributed by atoms with Crippen LogP contribution in [-0.2, 0) is 14.0 Å². The van der Waals surface area contributed by atoms with Gasteiger partial charge in [-0.3, -0.25) is 4.79 Å². The van der Waals surface area contributed by atoms with E-state index in [1.54, 1.807) is 4.90 Å². The van der Waals surface area contributed by atoms with Gasteiger partial charge >= 0.3 is 6.09 Å². The van der Waals surface area contributed by atoms with E-state index in [0.29, 0.717) is 26.1 Å². The van der Waals surface area contributed by atoms with E-state index >= 15 is 0 Å². The molecule has 0 aromatic rings. The molecular formula is C21H37NO4Si. The molecule has 0 spiro atoms. The molecule has 2 atom stereocenters. The summed E-state index contributed by atoms with van der Waals surface area (Å²) >= 11 is 0. The number of amides is 1. The van der Waals surface area contributed by atoms with Crippen LogP contribution < -0.4 is 0 Å². The molecule has 0 unspecified atom stereocenters. The van der Waals surface area contributed by atoms with E-state index in [4.69, 9.17) is 9.16 Å². The first-order valence-corrected chi connectivity index (χ1v) is 12.9. The van der Waals surface area contributed by atoms with Crippen molar-refractivity contribution in [2.24, 2.45) is 11.8 Å². The summed E-state index contributed by atoms with van der Waals surface area (Å²) in [5.41, 5.74) is 1.36. The lowest BCUT2D eigenvalue weighted by molar-refractivity contribution is -0.115. The summed E-state index contributed by atoms with van der Waals surface area (Å²) in [5.74, 6) is 0.663. The van der Waals surface area contributed by atoms with Gasteiger partial charge in [0.25, 0.3) is 0 Å². The van der Waals surface area contributed by atoms with Crippen molar-refractivity contribution < 1.29 is 18.8 Å². The molecule has 0 bridgehead atoms. The molecule has 0 aromatic carbocycles. The van der Waals surface area contributed by atoms with Crippen molar-refractivity contribution in [1.29, 1.82) is 0 Å². The summed E-state index contributed by atoms with van der Waals surface area (Å²) in [6.45, 7) is 20.2. The Labute approximate surface area is 165 Å². The minimum Gasteiger partial charge on any atom is -0.444 e. The lowest BCUT2D eigenvalue weighted by atomic mass is 9.84. The van der Waals surface area contributed by atoms with Gasteiger partial charge in [-0.2, -0.15) is 0 Å². The highest BCUT2D eigenvalue weighted by Gasteiger charge is 2.43. The average molecular weight is 396 g/mol. The summed E-state index contributed by atoms with van der Waals surface area (Å²) in [4.78, 5) is 27.0. The van der Waals surface area contributed by atoms with Crippen molar-refractivity contribution in [3.8, 4) is 0 Å². The molecule has 2 rings (SSSR count). The number of carbonyl (C=O) groups excluding carboxylic acids is 2. The summed E-state index contributed by atoms with van der Waals surface area (Å²) in [6, 6.07) is 0. The number of rotatable bonds is 3. The van der Waals surface area contributed by atoms with Gasteiger partial charge < -0.3 is 14.1 Å². The first kappa shape index (κ1) is 22.1. The number of likely N-dealkylation sites (tertiary alicyclic amines) is 1. The number of ether oxygens (including phenoxy) is 1. The van der Waals surface area contributed by atoms with Gasteiger partial charge in [0.15, 0.2) is 14.1 Å². The molecule has 1 aliphatic carbocycles. The molecule has 154 valence electrons. The number of hydrogen-bond acceptors (Lipinski definition) is 4. The molecule has 1 saturated heterocycles. The summed E-state index contributed by atoms with van der Waals surface area (Å²) < 4.78 is 11.9. The zero-order valence-electron chi connectivity index (χ0n) is 18.6. The molecule has 5 nitrogen and oxygen atoms in total. The Morgan fingerprint density at radius 1 is 1.19 bits per heavy atom. The van der Waals surface area contributed by atoms with Crippen LogP contribution in [0.1, 0.15) is 54.9 Å². The SMILES string of the molecule is C[C@H]1CN(C(=O)OC(C)(C)C)CC2=C(CO[Si](C)(C)C(C)(C)C)C(=O)C[C@@H]21. The lowest BCUT2D eigenvalue weighted by Crippen LogP contribution is -2.46. The van der Waals surface area contributed by atoms with Gasteiger partial charge in [0.05, 0.1) is 6.61 Å². The standard InChI is InChI=1S/C21H37NO4Si/c1-14-11-22(19(24)26-20(2,3)4)12-16-15(14)10-18(23)17(16)13-25-27(8,9)21(5,6)7/h14-15H,10-13H2,1-9H3/t14-,15+/m0/s1. The van der Waals surface area contributed by atoms with Gasteiger partial charge in [0, 0.05) is 25.1 Å². The lowest BCUT2D eigenvalue weighted by Gasteiger charge is -2.38. The molecular weight excluding hydrogens is 358 g/mol. The third kappa shape index (κ3) is 5.02. The normalized spacial score (nSPS) is 24.3. The van der Waals surface area contributed by atoms with E-state index in [1.165, 1.54) is 0 Å². The van der Waals surface area contributed by atoms with Crippen LogP contribution in [-0.4, -0.2) is 50.4 Å². The van der Waals surface area contributed by atoms with Crippen molar-refractivity contribution in [2.45, 2.75) is 78.6 Å². The maximum atomic E-state index is 12.7. The Bertz CT molecular complexity index is 640. The number of Topliss-reactive ketones (excluding diaryl/α,β-unsaturated/α-hetero) is 1. The second kappa shape index (κ2) is 7.36. The Morgan fingerprint density at radius 3 is 2.30 bits per heavy atom. The fourth-order valence-electron chi connectivity index (χ4n) is 3.46. The van der Waals surface area contributed by atoms with Crippen molar-refractivity contribution >= 4 is 20.2 Å². The first-order valence-electron chi connectivity index (χ1n) is 9.99. The topological polar surface area (TPSA) is 55.8 Å². The maximum Gasteiger partial charge on any atom is 0.410 e. The van der Waals surface area contributed by atoms with Crippen molar-refractivity contribution in [3.05, 3.63) is 11.1 Å². The zero-order chi connectivity index (χ0) is 20.8. The Kier molecular flexibility index (Phi) is 6.03. The number of fused-ring (bicyclic) bond motifs is 1. The number of piperidine rings is 1. The predicted molar refractivity (Wildman–Crippen MR) is 110 cm³/mol. The molecule has 2 aliphatic rings. The molecule has 1 aliphatic heterocycles. The monoisotopic (exact) mass is 395 g/mol. The average Bonchev–Trinajstić information content (AvgIpc) is 2.78. The molecule has 0 saturated carbocycles. The number of hydrogen-bond donors (Lipinski definition) is 0. The minimum atomic E-state index is -1.94. The molecule has 1 fully saturated rings. The third-order valence-electron chi connectivity index (χ3n) is 6.17. The van der Waals surface area contributed by atoms with Crippen LogP contribution >= 0.6 is 0 Å². The van der Waals surface area contributed by atoms with Gasteiger partial charge in [0.2, 0.25) is 0 Å². The van der Waals surface area contributed by atoms with E-state index in [2.05, 4.69) is 40.8 Å². The van der Waals surface area contributed by atoms with Crippen LogP contribution in [0.3, 0.4) is 0 Å². The Hall–Kier alpha value is -1.14. The van der Waals surface area contributed by atoms with E-state index in [-0.39, 0.29) is 28.8 Å². The van der Waals surface area contributed by atoms with Gasteiger partial charge in [-0.15, -0.1) is 0 Å². The van der Waals surface area contributed by atoms with Gasteiger partial charge in [-0.05, 0) is 56.3 Å². The molecule has 0 N–H and O–H groups in total. The van der Waals surface area contributed by atoms with E-state index in [9.17, 15) is 9.59 Å². The van der Waals surface area contributed by atoms with Gasteiger partial charge in [-0.25, -0.2) is 4.79 Å². The highest BCUT2D eigenvalue weighted by molar-refractivity contribution is 6.74.